The van der Waals surface area contributed by atoms with Gasteiger partial charge in [-0.2, -0.15) is 0 Å². The predicted molar refractivity (Wildman–Crippen MR) is 81.0 cm³/mol. The summed E-state index contributed by atoms with van der Waals surface area (Å²) in [5.41, 5.74) is 5.59. The van der Waals surface area contributed by atoms with Crippen LogP contribution in [-0.4, -0.2) is 41.1 Å². The molecule has 1 saturated heterocycles. The van der Waals surface area contributed by atoms with E-state index in [1.807, 2.05) is 20.8 Å². The third kappa shape index (κ3) is 2.61. The van der Waals surface area contributed by atoms with Crippen LogP contribution in [0.5, 0.6) is 5.75 Å². The number of nitrogen functional groups attached to an aromatic ring is 1. The highest BCUT2D eigenvalue weighted by Gasteiger charge is 2.52. The SMILES string of the molecule is CC(C)(C)OC(=O)N1CC2(CC(=O)c3cc(N)ccc3O2)C1. The van der Waals surface area contributed by atoms with E-state index in [0.29, 0.717) is 30.1 Å². The summed E-state index contributed by atoms with van der Waals surface area (Å²) in [7, 11) is 0. The Kier molecular flexibility index (Phi) is 3.09. The molecule has 6 heteroatoms. The van der Waals surface area contributed by atoms with Gasteiger partial charge in [0.1, 0.15) is 11.4 Å². The summed E-state index contributed by atoms with van der Waals surface area (Å²) >= 11 is 0. The van der Waals surface area contributed by atoms with Crippen LogP contribution >= 0.6 is 0 Å². The minimum atomic E-state index is -0.628. The molecule has 2 aliphatic rings. The number of hydrogen-bond donors (Lipinski definition) is 1. The lowest BCUT2D eigenvalue weighted by Crippen LogP contribution is -2.68. The van der Waals surface area contributed by atoms with Gasteiger partial charge in [-0.05, 0) is 39.0 Å². The number of benzene rings is 1. The van der Waals surface area contributed by atoms with Gasteiger partial charge in [-0.15, -0.1) is 0 Å². The van der Waals surface area contributed by atoms with E-state index in [0.717, 1.165) is 0 Å². The molecule has 3 rings (SSSR count). The Morgan fingerprint density at radius 3 is 2.68 bits per heavy atom. The number of nitrogens with two attached hydrogens (primary N) is 1. The third-order valence-corrected chi connectivity index (χ3v) is 3.72. The van der Waals surface area contributed by atoms with Gasteiger partial charge in [-0.3, -0.25) is 9.69 Å². The molecule has 0 saturated carbocycles. The lowest BCUT2D eigenvalue weighted by atomic mass is 9.84. The van der Waals surface area contributed by atoms with E-state index in [2.05, 4.69) is 0 Å². The van der Waals surface area contributed by atoms with Crippen molar-refractivity contribution in [3.63, 3.8) is 0 Å². The second-order valence-electron chi connectivity index (χ2n) is 6.98. The Morgan fingerprint density at radius 2 is 2.05 bits per heavy atom. The number of Topliss-reactive ketones (excluding diaryl/α,β-unsaturated/α-hetero) is 1. The summed E-state index contributed by atoms with van der Waals surface area (Å²) in [5, 5.41) is 0. The molecule has 118 valence electrons. The highest BCUT2D eigenvalue weighted by molar-refractivity contribution is 6.01. The number of rotatable bonds is 0. The van der Waals surface area contributed by atoms with Gasteiger partial charge in [0.25, 0.3) is 0 Å². The van der Waals surface area contributed by atoms with Crippen molar-refractivity contribution < 1.29 is 19.1 Å². The first-order valence-corrected chi connectivity index (χ1v) is 7.27. The summed E-state index contributed by atoms with van der Waals surface area (Å²) in [5.74, 6) is 0.534. The Balaban J connectivity index is 1.70. The van der Waals surface area contributed by atoms with Crippen molar-refractivity contribution in [1.29, 1.82) is 0 Å². The van der Waals surface area contributed by atoms with Gasteiger partial charge in [0, 0.05) is 5.69 Å². The van der Waals surface area contributed by atoms with E-state index in [-0.39, 0.29) is 18.3 Å². The number of nitrogens with zero attached hydrogens (tertiary/aromatic N) is 1. The summed E-state index contributed by atoms with van der Waals surface area (Å²) in [4.78, 5) is 25.8. The third-order valence-electron chi connectivity index (χ3n) is 3.72. The van der Waals surface area contributed by atoms with Crippen LogP contribution in [0.1, 0.15) is 37.6 Å². The van der Waals surface area contributed by atoms with E-state index in [1.165, 1.54) is 0 Å². The fraction of sp³-hybridized carbons (Fsp3) is 0.500. The van der Waals surface area contributed by atoms with Crippen molar-refractivity contribution in [2.75, 3.05) is 18.8 Å². The number of carbonyl (C=O) groups excluding carboxylic acids is 2. The topological polar surface area (TPSA) is 81.9 Å². The number of likely N-dealkylation sites (tertiary alicyclic amines) is 1. The van der Waals surface area contributed by atoms with Crippen molar-refractivity contribution >= 4 is 17.6 Å². The largest absolute Gasteiger partial charge is 0.482 e. The molecule has 2 N–H and O–H groups in total. The highest BCUT2D eigenvalue weighted by atomic mass is 16.6. The van der Waals surface area contributed by atoms with Gasteiger partial charge in [0.15, 0.2) is 11.4 Å². The predicted octanol–water partition coefficient (Wildman–Crippen LogP) is 2.22. The second-order valence-corrected chi connectivity index (χ2v) is 6.98. The number of fused-ring (bicyclic) bond motifs is 1. The van der Waals surface area contributed by atoms with Crippen molar-refractivity contribution in [3.05, 3.63) is 23.8 Å². The van der Waals surface area contributed by atoms with Crippen LogP contribution in [0.15, 0.2) is 18.2 Å². The number of anilines is 1. The highest BCUT2D eigenvalue weighted by Crippen LogP contribution is 2.39. The van der Waals surface area contributed by atoms with Crippen LogP contribution in [0.2, 0.25) is 0 Å². The minimum Gasteiger partial charge on any atom is -0.482 e. The molecule has 0 aromatic heterocycles. The van der Waals surface area contributed by atoms with Gasteiger partial charge < -0.3 is 15.2 Å². The number of hydrogen-bond acceptors (Lipinski definition) is 5. The molecule has 6 nitrogen and oxygen atoms in total. The van der Waals surface area contributed by atoms with Crippen LogP contribution in [0.25, 0.3) is 0 Å². The Hall–Kier alpha value is -2.24. The van der Waals surface area contributed by atoms with E-state index < -0.39 is 11.2 Å². The lowest BCUT2D eigenvalue weighted by Gasteiger charge is -2.50. The van der Waals surface area contributed by atoms with Crippen LogP contribution in [0.4, 0.5) is 10.5 Å². The van der Waals surface area contributed by atoms with Gasteiger partial charge in [-0.1, -0.05) is 0 Å². The zero-order valence-corrected chi connectivity index (χ0v) is 13.0. The van der Waals surface area contributed by atoms with Crippen molar-refractivity contribution in [2.45, 2.75) is 38.4 Å². The second kappa shape index (κ2) is 4.63. The van der Waals surface area contributed by atoms with E-state index >= 15 is 0 Å². The van der Waals surface area contributed by atoms with Crippen molar-refractivity contribution in [1.82, 2.24) is 4.90 Å². The molecule has 1 spiro atoms. The molecule has 0 radical (unpaired) electrons. The Bertz CT molecular complexity index is 642. The summed E-state index contributed by atoms with van der Waals surface area (Å²) in [6, 6.07) is 5.05. The molecule has 1 aromatic carbocycles. The first-order chi connectivity index (χ1) is 10.2. The molecule has 1 amide bonds. The van der Waals surface area contributed by atoms with Gasteiger partial charge >= 0.3 is 6.09 Å². The van der Waals surface area contributed by atoms with Crippen LogP contribution in [-0.2, 0) is 4.74 Å². The minimum absolute atomic E-state index is 0.00242. The van der Waals surface area contributed by atoms with Gasteiger partial charge in [0.05, 0.1) is 25.1 Å². The molecule has 1 aromatic rings. The molecular weight excluding hydrogens is 284 g/mol. The van der Waals surface area contributed by atoms with E-state index in [1.54, 1.807) is 23.1 Å². The monoisotopic (exact) mass is 304 g/mol. The normalized spacial score (nSPS) is 19.2. The van der Waals surface area contributed by atoms with Gasteiger partial charge in [-0.25, -0.2) is 4.79 Å². The molecule has 2 heterocycles. The Morgan fingerprint density at radius 1 is 1.36 bits per heavy atom. The lowest BCUT2D eigenvalue weighted by molar-refractivity contribution is -0.0846. The van der Waals surface area contributed by atoms with Crippen LogP contribution in [0, 0.1) is 0 Å². The van der Waals surface area contributed by atoms with Crippen molar-refractivity contribution in [3.8, 4) is 5.75 Å². The van der Waals surface area contributed by atoms with Crippen LogP contribution in [0.3, 0.4) is 0 Å². The fourth-order valence-electron chi connectivity index (χ4n) is 2.79. The molecule has 0 atom stereocenters. The molecule has 0 bridgehead atoms. The maximum absolute atomic E-state index is 12.3. The number of carbonyl (C=O) groups is 2. The maximum Gasteiger partial charge on any atom is 0.410 e. The maximum atomic E-state index is 12.3. The van der Waals surface area contributed by atoms with E-state index in [4.69, 9.17) is 15.2 Å². The number of ether oxygens (including phenoxy) is 2. The quantitative estimate of drug-likeness (QED) is 0.743. The summed E-state index contributed by atoms with van der Waals surface area (Å²) in [6.45, 7) is 6.18. The zero-order chi connectivity index (χ0) is 16.1. The standard InChI is InChI=1S/C16H20N2O4/c1-15(2,3)22-14(20)18-8-16(9-18)7-12(19)11-6-10(17)4-5-13(11)21-16/h4-6H,7-9,17H2,1-3H3. The first-order valence-electron chi connectivity index (χ1n) is 7.27. The van der Waals surface area contributed by atoms with Crippen molar-refractivity contribution in [2.24, 2.45) is 0 Å². The summed E-state index contributed by atoms with van der Waals surface area (Å²) < 4.78 is 11.3. The van der Waals surface area contributed by atoms with Crippen LogP contribution < -0.4 is 10.5 Å². The number of amides is 1. The average Bonchev–Trinajstić information content (AvgIpc) is 2.34. The Labute approximate surface area is 129 Å². The molecular formula is C16H20N2O4. The van der Waals surface area contributed by atoms with E-state index in [9.17, 15) is 9.59 Å². The molecule has 0 aliphatic carbocycles. The molecule has 22 heavy (non-hydrogen) atoms. The number of ketones is 1. The molecule has 0 unspecified atom stereocenters. The molecule has 1 fully saturated rings. The summed E-state index contributed by atoms with van der Waals surface area (Å²) in [6.07, 6.45) is -0.125. The zero-order valence-electron chi connectivity index (χ0n) is 13.0. The van der Waals surface area contributed by atoms with Gasteiger partial charge in [0.2, 0.25) is 0 Å². The molecule has 2 aliphatic heterocycles. The average molecular weight is 304 g/mol. The smallest absolute Gasteiger partial charge is 0.410 e. The first kappa shape index (κ1) is 14.7. The fourth-order valence-corrected chi connectivity index (χ4v) is 2.79.